The van der Waals surface area contributed by atoms with E-state index < -0.39 is 29.0 Å². The van der Waals surface area contributed by atoms with E-state index in [0.717, 1.165) is 6.07 Å². The van der Waals surface area contributed by atoms with Crippen molar-refractivity contribution in [3.63, 3.8) is 0 Å². The van der Waals surface area contributed by atoms with Crippen molar-refractivity contribution < 1.29 is 13.6 Å². The van der Waals surface area contributed by atoms with E-state index >= 15 is 0 Å². The van der Waals surface area contributed by atoms with E-state index in [4.69, 9.17) is 0 Å². The molecule has 1 amide bonds. The highest BCUT2D eigenvalue weighted by Gasteiger charge is 2.32. The summed E-state index contributed by atoms with van der Waals surface area (Å²) in [6, 6.07) is 3.70. The molecule has 1 aliphatic heterocycles. The molecule has 1 aliphatic rings. The third kappa shape index (κ3) is 2.20. The largest absolute Gasteiger partial charge is 0.310 e. The lowest BCUT2D eigenvalue weighted by molar-refractivity contribution is -0.116. The fourth-order valence-electron chi connectivity index (χ4n) is 2.54. The van der Waals surface area contributed by atoms with Crippen LogP contribution >= 0.6 is 0 Å². The second-order valence-corrected chi connectivity index (χ2v) is 4.86. The number of carbonyl (C=O) groups is 1. The Bertz CT molecular complexity index is 801. The van der Waals surface area contributed by atoms with E-state index in [0.29, 0.717) is 5.82 Å². The van der Waals surface area contributed by atoms with Crippen molar-refractivity contribution in [3.05, 3.63) is 57.1 Å². The molecule has 1 atom stereocenters. The van der Waals surface area contributed by atoms with Gasteiger partial charge in [-0.2, -0.15) is 0 Å². The smallest absolute Gasteiger partial charge is 0.256 e. The summed E-state index contributed by atoms with van der Waals surface area (Å²) >= 11 is 0. The fraction of sp³-hybridized carbons (Fsp3) is 0.214. The minimum Gasteiger partial charge on any atom is -0.310 e. The quantitative estimate of drug-likeness (QED) is 0.841. The molecular formula is C14H11F2N3O2. The molecule has 2 aromatic rings. The standard InChI is InChI=1S/C14H11F2N3O2/c1-6-17-13-11(14(21)18-6)8(5-10(20)19-13)7-3-2-4-9(15)12(7)16/h2-4,8H,5H2,1H3,(H2,17,18,19,20,21)/t8-/m1/s1. The first-order valence-electron chi connectivity index (χ1n) is 6.32. The average Bonchev–Trinajstić information content (AvgIpc) is 2.40. The molecule has 7 heteroatoms. The Kier molecular flexibility index (Phi) is 3.04. The number of aromatic amines is 1. The Labute approximate surface area is 118 Å². The summed E-state index contributed by atoms with van der Waals surface area (Å²) < 4.78 is 27.4. The van der Waals surface area contributed by atoms with Gasteiger partial charge in [0.2, 0.25) is 5.91 Å². The minimum absolute atomic E-state index is 0.0257. The lowest BCUT2D eigenvalue weighted by Gasteiger charge is -2.24. The molecule has 1 aromatic heterocycles. The van der Waals surface area contributed by atoms with Gasteiger partial charge in [-0.05, 0) is 18.6 Å². The summed E-state index contributed by atoms with van der Waals surface area (Å²) in [6.07, 6.45) is -0.138. The van der Waals surface area contributed by atoms with Gasteiger partial charge in [0.15, 0.2) is 11.6 Å². The number of halogens is 2. The Morgan fingerprint density at radius 3 is 2.81 bits per heavy atom. The molecule has 2 heterocycles. The Morgan fingerprint density at radius 1 is 1.29 bits per heavy atom. The number of nitrogens with zero attached hydrogens (tertiary/aromatic N) is 1. The number of anilines is 1. The normalized spacial score (nSPS) is 17.3. The SMILES string of the molecule is Cc1nc2c(c(=O)[nH]1)[C@@H](c1cccc(F)c1F)CC(=O)N2. The van der Waals surface area contributed by atoms with Gasteiger partial charge in [0, 0.05) is 12.3 Å². The number of hydrogen-bond acceptors (Lipinski definition) is 3. The maximum atomic E-state index is 14.0. The summed E-state index contributed by atoms with van der Waals surface area (Å²) in [5.41, 5.74) is -0.349. The van der Waals surface area contributed by atoms with Crippen LogP contribution in [0.15, 0.2) is 23.0 Å². The van der Waals surface area contributed by atoms with Crippen LogP contribution in [-0.2, 0) is 4.79 Å². The summed E-state index contributed by atoms with van der Waals surface area (Å²) in [5, 5.41) is 2.49. The van der Waals surface area contributed by atoms with Gasteiger partial charge < -0.3 is 10.3 Å². The lowest BCUT2D eigenvalue weighted by Crippen LogP contribution is -2.32. The van der Waals surface area contributed by atoms with Crippen LogP contribution < -0.4 is 10.9 Å². The summed E-state index contributed by atoms with van der Waals surface area (Å²) in [7, 11) is 0. The number of amides is 1. The van der Waals surface area contributed by atoms with Crippen molar-refractivity contribution in [1.82, 2.24) is 9.97 Å². The number of nitrogens with one attached hydrogen (secondary N) is 2. The molecule has 0 bridgehead atoms. The molecule has 21 heavy (non-hydrogen) atoms. The van der Waals surface area contributed by atoms with Gasteiger partial charge in [-0.15, -0.1) is 0 Å². The number of benzene rings is 1. The highest BCUT2D eigenvalue weighted by atomic mass is 19.2. The van der Waals surface area contributed by atoms with Crippen LogP contribution in [0.25, 0.3) is 0 Å². The molecule has 0 saturated carbocycles. The average molecular weight is 291 g/mol. The van der Waals surface area contributed by atoms with Crippen LogP contribution in [0, 0.1) is 18.6 Å². The van der Waals surface area contributed by atoms with Gasteiger partial charge in [0.05, 0.1) is 5.56 Å². The zero-order valence-electron chi connectivity index (χ0n) is 11.0. The van der Waals surface area contributed by atoms with Gasteiger partial charge in [-0.25, -0.2) is 13.8 Å². The van der Waals surface area contributed by atoms with E-state index in [1.807, 2.05) is 0 Å². The fourth-order valence-corrected chi connectivity index (χ4v) is 2.54. The third-order valence-electron chi connectivity index (χ3n) is 3.43. The monoisotopic (exact) mass is 291 g/mol. The van der Waals surface area contributed by atoms with E-state index in [1.54, 1.807) is 6.92 Å². The molecule has 0 radical (unpaired) electrons. The molecule has 108 valence electrons. The van der Waals surface area contributed by atoms with Crippen molar-refractivity contribution in [2.45, 2.75) is 19.3 Å². The number of fused-ring (bicyclic) bond motifs is 1. The maximum Gasteiger partial charge on any atom is 0.256 e. The highest BCUT2D eigenvalue weighted by molar-refractivity contribution is 5.94. The Hall–Kier alpha value is -2.57. The Balaban J connectivity index is 2.24. The molecule has 0 unspecified atom stereocenters. The number of carbonyl (C=O) groups excluding carboxylic acids is 1. The molecule has 5 nitrogen and oxygen atoms in total. The van der Waals surface area contributed by atoms with Gasteiger partial charge in [-0.3, -0.25) is 9.59 Å². The van der Waals surface area contributed by atoms with E-state index in [-0.39, 0.29) is 23.4 Å². The molecule has 1 aromatic carbocycles. The molecule has 3 rings (SSSR count). The van der Waals surface area contributed by atoms with Crippen LogP contribution in [0.4, 0.5) is 14.6 Å². The molecule has 0 spiro atoms. The first kappa shape index (κ1) is 13.4. The molecular weight excluding hydrogens is 280 g/mol. The predicted molar refractivity (Wildman–Crippen MR) is 71.0 cm³/mol. The topological polar surface area (TPSA) is 74.8 Å². The molecule has 0 fully saturated rings. The zero-order valence-corrected chi connectivity index (χ0v) is 11.0. The number of hydrogen-bond donors (Lipinski definition) is 2. The van der Waals surface area contributed by atoms with Crippen molar-refractivity contribution in [3.8, 4) is 0 Å². The van der Waals surface area contributed by atoms with E-state index in [9.17, 15) is 18.4 Å². The van der Waals surface area contributed by atoms with E-state index in [1.165, 1.54) is 12.1 Å². The first-order chi connectivity index (χ1) is 9.97. The van der Waals surface area contributed by atoms with Crippen LogP contribution in [-0.4, -0.2) is 15.9 Å². The molecule has 2 N–H and O–H groups in total. The summed E-state index contributed by atoms with van der Waals surface area (Å²) in [6.45, 7) is 1.57. The van der Waals surface area contributed by atoms with Crippen LogP contribution in [0.1, 0.15) is 29.3 Å². The maximum absolute atomic E-state index is 14.0. The van der Waals surface area contributed by atoms with Crippen molar-refractivity contribution >= 4 is 11.7 Å². The third-order valence-corrected chi connectivity index (χ3v) is 3.43. The van der Waals surface area contributed by atoms with Crippen LogP contribution in [0.3, 0.4) is 0 Å². The lowest BCUT2D eigenvalue weighted by atomic mass is 9.86. The van der Waals surface area contributed by atoms with Gasteiger partial charge in [0.25, 0.3) is 5.56 Å². The second kappa shape index (κ2) is 4.76. The first-order valence-corrected chi connectivity index (χ1v) is 6.32. The van der Waals surface area contributed by atoms with Crippen LogP contribution in [0.2, 0.25) is 0 Å². The summed E-state index contributed by atoms with van der Waals surface area (Å²) in [5.74, 6) is -2.89. The van der Waals surface area contributed by atoms with Crippen molar-refractivity contribution in [2.75, 3.05) is 5.32 Å². The van der Waals surface area contributed by atoms with Gasteiger partial charge in [0.1, 0.15) is 11.6 Å². The number of aryl methyl sites for hydroxylation is 1. The van der Waals surface area contributed by atoms with Crippen molar-refractivity contribution in [2.24, 2.45) is 0 Å². The van der Waals surface area contributed by atoms with Crippen molar-refractivity contribution in [1.29, 1.82) is 0 Å². The predicted octanol–water partition coefficient (Wildman–Crippen LogP) is 1.83. The minimum atomic E-state index is -1.05. The highest BCUT2D eigenvalue weighted by Crippen LogP contribution is 2.35. The Morgan fingerprint density at radius 2 is 2.05 bits per heavy atom. The summed E-state index contributed by atoms with van der Waals surface area (Å²) in [4.78, 5) is 30.4. The number of rotatable bonds is 1. The molecule has 0 saturated heterocycles. The second-order valence-electron chi connectivity index (χ2n) is 4.86. The number of aromatic nitrogens is 2. The van der Waals surface area contributed by atoms with Crippen LogP contribution in [0.5, 0.6) is 0 Å². The van der Waals surface area contributed by atoms with E-state index in [2.05, 4.69) is 15.3 Å². The molecule has 0 aliphatic carbocycles. The van der Waals surface area contributed by atoms with Gasteiger partial charge in [-0.1, -0.05) is 12.1 Å². The number of H-pyrrole nitrogens is 1. The zero-order chi connectivity index (χ0) is 15.1. The van der Waals surface area contributed by atoms with Gasteiger partial charge >= 0.3 is 0 Å².